The molecule has 0 radical (unpaired) electrons. The lowest BCUT2D eigenvalue weighted by atomic mass is 9.78. The molecule has 9 heteroatoms. The molecule has 2 aromatic rings. The van der Waals surface area contributed by atoms with Crippen LogP contribution in [-0.4, -0.2) is 57.5 Å². The Labute approximate surface area is 166 Å². The second-order valence-electron chi connectivity index (χ2n) is 7.79. The molecule has 1 N–H and O–H groups in total. The number of hydrogen-bond donors (Lipinski definition) is 1. The monoisotopic (exact) mass is 401 g/mol. The molecule has 3 aliphatic rings. The van der Waals surface area contributed by atoms with E-state index in [9.17, 15) is 14.0 Å². The third-order valence-corrected chi connectivity index (χ3v) is 5.56. The molecule has 5 rings (SSSR count). The fourth-order valence-corrected chi connectivity index (χ4v) is 3.97. The van der Waals surface area contributed by atoms with E-state index in [1.54, 1.807) is 24.3 Å². The van der Waals surface area contributed by atoms with E-state index in [0.29, 0.717) is 11.4 Å². The van der Waals surface area contributed by atoms with Gasteiger partial charge in [0.25, 0.3) is 5.91 Å². The van der Waals surface area contributed by atoms with Crippen LogP contribution in [0.25, 0.3) is 0 Å². The van der Waals surface area contributed by atoms with Gasteiger partial charge in [-0.1, -0.05) is 0 Å². The molecule has 1 spiro atoms. The lowest BCUT2D eigenvalue weighted by Crippen LogP contribution is -2.66. The topological polar surface area (TPSA) is 84.2 Å². The van der Waals surface area contributed by atoms with Crippen molar-refractivity contribution in [1.82, 2.24) is 5.32 Å². The van der Waals surface area contributed by atoms with E-state index in [1.165, 1.54) is 17.2 Å². The van der Waals surface area contributed by atoms with Crippen LogP contribution in [0, 0.1) is 11.2 Å². The van der Waals surface area contributed by atoms with Crippen LogP contribution in [0.3, 0.4) is 0 Å². The number of cyclic esters (lactones) is 1. The van der Waals surface area contributed by atoms with Crippen LogP contribution < -0.4 is 15.1 Å². The standard InChI is InChI=1S/C20H20FN3O5/c21-15-6-13(3-4-16(15)23-9-20(10-23)11-27-12-20)24-8-14(29-19(24)26)7-22-18(25)17-2-1-5-28-17/h1-6,14H,7-12H2,(H,22,25). The number of hydrogen-bond acceptors (Lipinski definition) is 6. The van der Waals surface area contributed by atoms with Gasteiger partial charge in [-0.15, -0.1) is 0 Å². The van der Waals surface area contributed by atoms with Crippen LogP contribution in [0.4, 0.5) is 20.6 Å². The average molecular weight is 401 g/mol. The predicted octanol–water partition coefficient (Wildman–Crippen LogP) is 2.01. The number of amides is 2. The Kier molecular flexibility index (Phi) is 4.20. The summed E-state index contributed by atoms with van der Waals surface area (Å²) in [4.78, 5) is 27.5. The molecule has 3 aliphatic heterocycles. The molecule has 2 amide bonds. The Bertz CT molecular complexity index is 936. The van der Waals surface area contributed by atoms with Gasteiger partial charge in [0.2, 0.25) is 0 Å². The maximum Gasteiger partial charge on any atom is 0.414 e. The largest absolute Gasteiger partial charge is 0.459 e. The SMILES string of the molecule is O=C(NCC1CN(c2ccc(N3CC4(COC4)C3)c(F)c2)C(=O)O1)c1ccco1. The smallest absolute Gasteiger partial charge is 0.414 e. The maximum absolute atomic E-state index is 14.7. The van der Waals surface area contributed by atoms with Crippen molar-refractivity contribution in [2.45, 2.75) is 6.10 Å². The molecule has 152 valence electrons. The average Bonchev–Trinajstić information content (AvgIpc) is 3.28. The summed E-state index contributed by atoms with van der Waals surface area (Å²) in [6, 6.07) is 7.92. The summed E-state index contributed by atoms with van der Waals surface area (Å²) in [5, 5.41) is 2.66. The number of furan rings is 1. The molecule has 0 aliphatic carbocycles. The summed E-state index contributed by atoms with van der Waals surface area (Å²) in [5.74, 6) is -0.575. The van der Waals surface area contributed by atoms with Gasteiger partial charge >= 0.3 is 6.09 Å². The molecule has 4 heterocycles. The first-order valence-electron chi connectivity index (χ1n) is 9.45. The highest BCUT2D eigenvalue weighted by Crippen LogP contribution is 2.41. The van der Waals surface area contributed by atoms with E-state index >= 15 is 0 Å². The molecule has 29 heavy (non-hydrogen) atoms. The number of halogens is 1. The van der Waals surface area contributed by atoms with Crippen molar-refractivity contribution < 1.29 is 27.9 Å². The minimum Gasteiger partial charge on any atom is -0.459 e. The van der Waals surface area contributed by atoms with Crippen molar-refractivity contribution in [1.29, 1.82) is 0 Å². The Morgan fingerprint density at radius 1 is 1.28 bits per heavy atom. The summed E-state index contributed by atoms with van der Waals surface area (Å²) < 4.78 is 30.2. The van der Waals surface area contributed by atoms with Gasteiger partial charge in [-0.3, -0.25) is 9.69 Å². The third-order valence-electron chi connectivity index (χ3n) is 5.56. The normalized spacial score (nSPS) is 22.2. The molecule has 0 saturated carbocycles. The number of nitrogens with one attached hydrogen (secondary N) is 1. The summed E-state index contributed by atoms with van der Waals surface area (Å²) >= 11 is 0. The lowest BCUT2D eigenvalue weighted by Gasteiger charge is -2.56. The van der Waals surface area contributed by atoms with Gasteiger partial charge in [0.05, 0.1) is 49.4 Å². The molecule has 3 fully saturated rings. The Morgan fingerprint density at radius 2 is 2.10 bits per heavy atom. The second kappa shape index (κ2) is 6.77. The molecular weight excluding hydrogens is 381 g/mol. The van der Waals surface area contributed by atoms with Gasteiger partial charge < -0.3 is 24.1 Å². The van der Waals surface area contributed by atoms with Crippen molar-refractivity contribution in [3.63, 3.8) is 0 Å². The van der Waals surface area contributed by atoms with Crippen LogP contribution >= 0.6 is 0 Å². The number of benzene rings is 1. The molecule has 1 unspecified atom stereocenters. The van der Waals surface area contributed by atoms with Gasteiger partial charge in [-0.05, 0) is 30.3 Å². The highest BCUT2D eigenvalue weighted by Gasteiger charge is 2.49. The molecule has 1 aromatic heterocycles. The summed E-state index contributed by atoms with van der Waals surface area (Å²) in [5.41, 5.74) is 1.15. The first-order valence-corrected chi connectivity index (χ1v) is 9.45. The van der Waals surface area contributed by atoms with Gasteiger partial charge in [-0.2, -0.15) is 0 Å². The summed E-state index contributed by atoms with van der Waals surface area (Å²) in [7, 11) is 0. The van der Waals surface area contributed by atoms with Crippen LogP contribution in [0.1, 0.15) is 10.6 Å². The third kappa shape index (κ3) is 3.21. The maximum atomic E-state index is 14.7. The van der Waals surface area contributed by atoms with Crippen molar-refractivity contribution in [3.8, 4) is 0 Å². The zero-order valence-corrected chi connectivity index (χ0v) is 15.6. The number of anilines is 2. The Balaban J connectivity index is 1.20. The summed E-state index contributed by atoms with van der Waals surface area (Å²) in [6.45, 7) is 3.40. The van der Waals surface area contributed by atoms with Gasteiger partial charge in [0.1, 0.15) is 11.9 Å². The number of carbonyl (C=O) groups is 2. The minimum atomic E-state index is -0.566. The number of rotatable bonds is 5. The van der Waals surface area contributed by atoms with Crippen LogP contribution in [0.15, 0.2) is 41.0 Å². The van der Waals surface area contributed by atoms with Gasteiger partial charge in [0.15, 0.2) is 5.76 Å². The molecular formula is C20H20FN3O5. The zero-order chi connectivity index (χ0) is 20.0. The highest BCUT2D eigenvalue weighted by molar-refractivity contribution is 5.92. The van der Waals surface area contributed by atoms with Crippen LogP contribution in [-0.2, 0) is 9.47 Å². The van der Waals surface area contributed by atoms with Crippen LogP contribution in [0.2, 0.25) is 0 Å². The van der Waals surface area contributed by atoms with Crippen molar-refractivity contribution in [2.24, 2.45) is 5.41 Å². The van der Waals surface area contributed by atoms with Gasteiger partial charge in [-0.25, -0.2) is 9.18 Å². The van der Waals surface area contributed by atoms with E-state index in [0.717, 1.165) is 26.3 Å². The fourth-order valence-electron chi connectivity index (χ4n) is 3.97. The van der Waals surface area contributed by atoms with Crippen molar-refractivity contribution in [2.75, 3.05) is 49.2 Å². The first-order chi connectivity index (χ1) is 14.0. The molecule has 3 saturated heterocycles. The minimum absolute atomic E-state index is 0.139. The van der Waals surface area contributed by atoms with E-state index in [2.05, 4.69) is 5.32 Å². The predicted molar refractivity (Wildman–Crippen MR) is 101 cm³/mol. The van der Waals surface area contributed by atoms with Gasteiger partial charge in [0, 0.05) is 13.1 Å². The quantitative estimate of drug-likeness (QED) is 0.825. The second-order valence-corrected chi connectivity index (χ2v) is 7.79. The molecule has 0 bridgehead atoms. The Hall–Kier alpha value is -3.07. The van der Waals surface area contributed by atoms with Crippen molar-refractivity contribution in [3.05, 3.63) is 48.2 Å². The van der Waals surface area contributed by atoms with E-state index in [4.69, 9.17) is 13.9 Å². The Morgan fingerprint density at radius 3 is 2.76 bits per heavy atom. The lowest BCUT2D eigenvalue weighted by molar-refractivity contribution is -0.127. The fraction of sp³-hybridized carbons (Fsp3) is 0.400. The van der Waals surface area contributed by atoms with Crippen molar-refractivity contribution >= 4 is 23.4 Å². The van der Waals surface area contributed by atoms with E-state index < -0.39 is 12.2 Å². The molecule has 8 nitrogen and oxygen atoms in total. The molecule has 1 aromatic carbocycles. The number of ether oxygens (including phenoxy) is 2. The number of nitrogens with zero attached hydrogens (tertiary/aromatic N) is 2. The highest BCUT2D eigenvalue weighted by atomic mass is 19.1. The first kappa shape index (κ1) is 18.0. The van der Waals surface area contributed by atoms with E-state index in [-0.39, 0.29) is 36.0 Å². The summed E-state index contributed by atoms with van der Waals surface area (Å²) in [6.07, 6.45) is 0.312. The molecule has 1 atom stereocenters. The number of carbonyl (C=O) groups excluding carboxylic acids is 2. The van der Waals surface area contributed by atoms with Crippen LogP contribution in [0.5, 0.6) is 0 Å². The zero-order valence-electron chi connectivity index (χ0n) is 15.6. The van der Waals surface area contributed by atoms with E-state index in [1.807, 2.05) is 4.90 Å².